The lowest BCUT2D eigenvalue weighted by Crippen LogP contribution is -2.35. The number of nitrogens with zero attached hydrogens (tertiary/aromatic N) is 4. The van der Waals surface area contributed by atoms with Gasteiger partial charge in [0, 0.05) is 50.1 Å². The van der Waals surface area contributed by atoms with Gasteiger partial charge in [0.2, 0.25) is 11.7 Å². The van der Waals surface area contributed by atoms with Crippen molar-refractivity contribution in [3.05, 3.63) is 101 Å². The highest BCUT2D eigenvalue weighted by Gasteiger charge is 2.35. The van der Waals surface area contributed by atoms with Crippen LogP contribution in [-0.4, -0.2) is 51.4 Å². The number of aromatic nitrogens is 3. The Labute approximate surface area is 281 Å². The molecule has 1 amide bonds. The van der Waals surface area contributed by atoms with Crippen molar-refractivity contribution in [2.24, 2.45) is 7.05 Å². The van der Waals surface area contributed by atoms with Crippen LogP contribution in [0.1, 0.15) is 58.7 Å². The van der Waals surface area contributed by atoms with Crippen LogP contribution in [0.4, 0.5) is 18.9 Å². The van der Waals surface area contributed by atoms with Crippen molar-refractivity contribution in [2.75, 3.05) is 19.0 Å². The molecule has 0 radical (unpaired) electrons. The number of nitriles is 1. The summed E-state index contributed by atoms with van der Waals surface area (Å²) in [6, 6.07) is 15.6. The van der Waals surface area contributed by atoms with Crippen LogP contribution in [0.15, 0.2) is 72.9 Å². The van der Waals surface area contributed by atoms with Crippen LogP contribution in [0.2, 0.25) is 0 Å². The molecule has 5 aromatic rings. The molecule has 1 saturated carbocycles. The molecule has 0 spiro atoms. The minimum Gasteiger partial charge on any atom is -0.381 e. The van der Waals surface area contributed by atoms with Crippen LogP contribution in [0.3, 0.4) is 0 Å². The van der Waals surface area contributed by atoms with Crippen LogP contribution >= 0.6 is 0 Å². The number of methoxy groups -OCH3 is 1. The fourth-order valence-electron chi connectivity index (χ4n) is 6.48. The van der Waals surface area contributed by atoms with Crippen molar-refractivity contribution >= 4 is 33.9 Å². The molecule has 0 atom stereocenters. The zero-order valence-electron chi connectivity index (χ0n) is 27.3. The highest BCUT2D eigenvalue weighted by molar-refractivity contribution is 6.10. The second-order valence-electron chi connectivity index (χ2n) is 12.2. The van der Waals surface area contributed by atoms with Crippen LogP contribution in [0.25, 0.3) is 27.7 Å². The van der Waals surface area contributed by atoms with Gasteiger partial charge in [0.05, 0.1) is 45.2 Å². The average Bonchev–Trinajstić information content (AvgIpc) is 3.65. The van der Waals surface area contributed by atoms with E-state index in [2.05, 4.69) is 15.6 Å². The molecule has 3 heterocycles. The summed E-state index contributed by atoms with van der Waals surface area (Å²) >= 11 is 0. The van der Waals surface area contributed by atoms with Gasteiger partial charge in [0.1, 0.15) is 11.9 Å². The van der Waals surface area contributed by atoms with E-state index in [1.807, 2.05) is 6.07 Å². The number of pyridine rings is 1. The quantitative estimate of drug-likeness (QED) is 0.130. The summed E-state index contributed by atoms with van der Waals surface area (Å²) in [5.41, 5.74) is 1.35. The van der Waals surface area contributed by atoms with Gasteiger partial charge in [-0.15, -0.1) is 0 Å². The zero-order valence-corrected chi connectivity index (χ0v) is 27.3. The molecule has 9 nitrogen and oxygen atoms in total. The molecule has 0 bridgehead atoms. The molecule has 2 N–H and O–H groups in total. The largest absolute Gasteiger partial charge is 0.417 e. The number of anilines is 1. The predicted molar refractivity (Wildman–Crippen MR) is 180 cm³/mol. The smallest absolute Gasteiger partial charge is 0.381 e. The van der Waals surface area contributed by atoms with E-state index in [4.69, 9.17) is 4.74 Å². The molecule has 252 valence electrons. The van der Waals surface area contributed by atoms with E-state index < -0.39 is 23.4 Å². The van der Waals surface area contributed by atoms with E-state index in [1.54, 1.807) is 62.2 Å². The lowest BCUT2D eigenvalue weighted by molar-refractivity contribution is -0.137. The molecule has 2 aromatic carbocycles. The summed E-state index contributed by atoms with van der Waals surface area (Å²) in [7, 11) is 3.40. The SMILES string of the molecule is CO[C@H]1CC[C@H](NC/C=C/C(=O)Nc2ccc(C(=O)c3ccc4c(-c5cc6nc(C)n(C)c6cc5C(F)(F)F)cccn34)cc2C#N)CC1. The standard InChI is InChI=1S/C37H35F3N6O3/c1-22-43-31-19-28(29(37(38,39)40)20-34(31)45(22)2)27-6-5-17-46-32(27)14-15-33(46)36(48)23-8-13-30(24(18-23)21-41)44-35(47)7-4-16-42-25-9-11-26(49-3)12-10-25/h4-8,13-15,17-20,25-26,42H,9-12,16H2,1-3H3,(H,44,47)/b7-4+/t25-,26-. The molecule has 1 aliphatic rings. The minimum absolute atomic E-state index is 0.0494. The molecule has 1 aliphatic carbocycles. The van der Waals surface area contributed by atoms with Crippen molar-refractivity contribution in [2.45, 2.75) is 50.9 Å². The molecule has 49 heavy (non-hydrogen) atoms. The fraction of sp³-hybridized carbons (Fsp3) is 0.297. The van der Waals surface area contributed by atoms with E-state index in [9.17, 15) is 28.0 Å². The number of alkyl halides is 3. The van der Waals surface area contributed by atoms with Gasteiger partial charge in [-0.3, -0.25) is 9.59 Å². The second-order valence-corrected chi connectivity index (χ2v) is 12.2. The number of nitrogens with one attached hydrogen (secondary N) is 2. The molecule has 0 saturated heterocycles. The first-order chi connectivity index (χ1) is 23.5. The van der Waals surface area contributed by atoms with Crippen LogP contribution in [0, 0.1) is 18.3 Å². The number of fused-ring (bicyclic) bond motifs is 2. The second kappa shape index (κ2) is 13.7. The summed E-state index contributed by atoms with van der Waals surface area (Å²) in [5, 5.41) is 15.9. The maximum atomic E-state index is 14.4. The minimum atomic E-state index is -4.64. The van der Waals surface area contributed by atoms with Gasteiger partial charge in [-0.2, -0.15) is 18.4 Å². The molecule has 12 heteroatoms. The molecular formula is C37H35F3N6O3. The van der Waals surface area contributed by atoms with Crippen LogP contribution in [-0.2, 0) is 22.8 Å². The van der Waals surface area contributed by atoms with E-state index in [-0.39, 0.29) is 33.6 Å². The van der Waals surface area contributed by atoms with Gasteiger partial charge in [0.25, 0.3) is 0 Å². The summed E-state index contributed by atoms with van der Waals surface area (Å²) in [5.74, 6) is -0.275. The van der Waals surface area contributed by atoms with Crippen molar-refractivity contribution < 1.29 is 27.5 Å². The Morgan fingerprint density at radius 3 is 2.55 bits per heavy atom. The Bertz CT molecular complexity index is 2130. The molecule has 1 fully saturated rings. The number of ketones is 1. The van der Waals surface area contributed by atoms with Gasteiger partial charge in [-0.25, -0.2) is 4.98 Å². The summed E-state index contributed by atoms with van der Waals surface area (Å²) in [6.45, 7) is 2.25. The van der Waals surface area contributed by atoms with E-state index in [0.717, 1.165) is 31.7 Å². The van der Waals surface area contributed by atoms with Crippen molar-refractivity contribution in [3.63, 3.8) is 0 Å². The number of carbonyl (C=O) groups excluding carboxylic acids is 2. The molecule has 6 rings (SSSR count). The summed E-state index contributed by atoms with van der Waals surface area (Å²) in [6.07, 6.45) is 4.42. The van der Waals surface area contributed by atoms with Gasteiger partial charge < -0.3 is 24.3 Å². The third-order valence-electron chi connectivity index (χ3n) is 9.23. The highest BCUT2D eigenvalue weighted by atomic mass is 19.4. The van der Waals surface area contributed by atoms with E-state index >= 15 is 0 Å². The lowest BCUT2D eigenvalue weighted by atomic mass is 9.93. The number of halogens is 3. The normalized spacial score (nSPS) is 16.8. The maximum absolute atomic E-state index is 14.4. The number of carbonyl (C=O) groups is 2. The summed E-state index contributed by atoms with van der Waals surface area (Å²) < 4.78 is 51.6. The first-order valence-electron chi connectivity index (χ1n) is 16.0. The molecule has 0 aliphatic heterocycles. The average molecular weight is 669 g/mol. The maximum Gasteiger partial charge on any atom is 0.417 e. The van der Waals surface area contributed by atoms with E-state index in [1.165, 1.54) is 34.7 Å². The number of aryl methyl sites for hydroxylation is 2. The van der Waals surface area contributed by atoms with Gasteiger partial charge in [-0.1, -0.05) is 12.1 Å². The third kappa shape index (κ3) is 6.86. The number of ether oxygens (including phenoxy) is 1. The van der Waals surface area contributed by atoms with Crippen molar-refractivity contribution in [1.29, 1.82) is 5.26 Å². The zero-order chi connectivity index (χ0) is 34.9. The topological polar surface area (TPSA) is 113 Å². The van der Waals surface area contributed by atoms with Crippen molar-refractivity contribution in [3.8, 4) is 17.2 Å². The molecular weight excluding hydrogens is 633 g/mol. The summed E-state index contributed by atoms with van der Waals surface area (Å²) in [4.78, 5) is 30.7. The van der Waals surface area contributed by atoms with E-state index in [0.29, 0.717) is 41.1 Å². The lowest BCUT2D eigenvalue weighted by Gasteiger charge is -2.27. The van der Waals surface area contributed by atoms with Gasteiger partial charge in [0.15, 0.2) is 0 Å². The van der Waals surface area contributed by atoms with Gasteiger partial charge in [-0.05, 0) is 86.7 Å². The molecule has 3 aromatic heterocycles. The third-order valence-corrected chi connectivity index (χ3v) is 9.23. The Hall–Kier alpha value is -5.25. The highest BCUT2D eigenvalue weighted by Crippen LogP contribution is 2.41. The Kier molecular flexibility index (Phi) is 9.41. The number of hydrogen-bond donors (Lipinski definition) is 2. The number of benzene rings is 2. The van der Waals surface area contributed by atoms with Crippen molar-refractivity contribution in [1.82, 2.24) is 19.3 Å². The monoisotopic (exact) mass is 668 g/mol. The number of imidazole rings is 1. The first kappa shape index (κ1) is 33.6. The van der Waals surface area contributed by atoms with Crippen LogP contribution < -0.4 is 10.6 Å². The number of hydrogen-bond acceptors (Lipinski definition) is 6. The van der Waals surface area contributed by atoms with Crippen LogP contribution in [0.5, 0.6) is 0 Å². The fourth-order valence-corrected chi connectivity index (χ4v) is 6.48. The number of amides is 1. The Morgan fingerprint density at radius 1 is 1.06 bits per heavy atom. The number of rotatable bonds is 9. The first-order valence-corrected chi connectivity index (χ1v) is 16.0. The Morgan fingerprint density at radius 2 is 1.84 bits per heavy atom. The molecule has 0 unspecified atom stereocenters. The Balaban J connectivity index is 1.21. The predicted octanol–water partition coefficient (Wildman–Crippen LogP) is 6.96. The van der Waals surface area contributed by atoms with Gasteiger partial charge >= 0.3 is 6.18 Å².